The molecular formula is C20H41N3O3. The SMILES string of the molecule is CC.CCCCCC(=O)NCCCCC(NC(=O)CCCCC)C(N)=O. The number of hydrogen-bond donors (Lipinski definition) is 3. The lowest BCUT2D eigenvalue weighted by Gasteiger charge is -2.15. The molecule has 4 N–H and O–H groups in total. The van der Waals surface area contributed by atoms with Crippen LogP contribution in [0, 0.1) is 0 Å². The molecule has 0 aromatic rings. The zero-order valence-electron chi connectivity index (χ0n) is 17.4. The van der Waals surface area contributed by atoms with Crippen molar-refractivity contribution in [2.45, 2.75) is 104 Å². The van der Waals surface area contributed by atoms with Gasteiger partial charge < -0.3 is 16.4 Å². The van der Waals surface area contributed by atoms with Gasteiger partial charge in [-0.15, -0.1) is 0 Å². The second kappa shape index (κ2) is 19.7. The van der Waals surface area contributed by atoms with Crippen LogP contribution in [0.15, 0.2) is 0 Å². The Balaban J connectivity index is 0. The fraction of sp³-hybridized carbons (Fsp3) is 0.850. The molecule has 0 aliphatic rings. The van der Waals surface area contributed by atoms with Crippen molar-refractivity contribution in [2.75, 3.05) is 6.54 Å². The molecule has 0 saturated heterocycles. The molecule has 26 heavy (non-hydrogen) atoms. The van der Waals surface area contributed by atoms with Crippen LogP contribution in [0.4, 0.5) is 0 Å². The van der Waals surface area contributed by atoms with Gasteiger partial charge in [0.2, 0.25) is 17.7 Å². The third-order valence-corrected chi connectivity index (χ3v) is 3.94. The van der Waals surface area contributed by atoms with Crippen molar-refractivity contribution in [3.63, 3.8) is 0 Å². The number of nitrogens with two attached hydrogens (primary N) is 1. The number of nitrogens with one attached hydrogen (secondary N) is 2. The van der Waals surface area contributed by atoms with Gasteiger partial charge in [-0.2, -0.15) is 0 Å². The van der Waals surface area contributed by atoms with Gasteiger partial charge in [0.05, 0.1) is 0 Å². The van der Waals surface area contributed by atoms with Gasteiger partial charge in [-0.3, -0.25) is 14.4 Å². The molecule has 0 aliphatic heterocycles. The van der Waals surface area contributed by atoms with Crippen molar-refractivity contribution in [1.82, 2.24) is 10.6 Å². The average Bonchev–Trinajstić information content (AvgIpc) is 2.62. The van der Waals surface area contributed by atoms with Gasteiger partial charge >= 0.3 is 0 Å². The van der Waals surface area contributed by atoms with Crippen molar-refractivity contribution in [3.8, 4) is 0 Å². The first-order valence-corrected chi connectivity index (χ1v) is 10.4. The van der Waals surface area contributed by atoms with E-state index in [-0.39, 0.29) is 11.8 Å². The van der Waals surface area contributed by atoms with Crippen LogP contribution in [0.25, 0.3) is 0 Å². The molecule has 0 aliphatic carbocycles. The van der Waals surface area contributed by atoms with Crippen LogP contribution >= 0.6 is 0 Å². The Bertz CT molecular complexity index is 373. The number of rotatable bonds is 15. The van der Waals surface area contributed by atoms with E-state index in [0.29, 0.717) is 25.8 Å². The first-order valence-electron chi connectivity index (χ1n) is 10.4. The van der Waals surface area contributed by atoms with E-state index in [0.717, 1.165) is 51.4 Å². The Hall–Kier alpha value is -1.59. The Morgan fingerprint density at radius 2 is 1.35 bits per heavy atom. The number of hydrogen-bond acceptors (Lipinski definition) is 3. The summed E-state index contributed by atoms with van der Waals surface area (Å²) in [4.78, 5) is 34.7. The smallest absolute Gasteiger partial charge is 0.239 e. The molecule has 6 heteroatoms. The van der Waals surface area contributed by atoms with Crippen LogP contribution in [0.3, 0.4) is 0 Å². The molecule has 6 nitrogen and oxygen atoms in total. The summed E-state index contributed by atoms with van der Waals surface area (Å²) < 4.78 is 0. The van der Waals surface area contributed by atoms with Crippen LogP contribution < -0.4 is 16.4 Å². The van der Waals surface area contributed by atoms with E-state index in [1.165, 1.54) is 0 Å². The Labute approximate surface area is 160 Å². The predicted molar refractivity (Wildman–Crippen MR) is 108 cm³/mol. The molecule has 0 fully saturated rings. The maximum absolute atomic E-state index is 11.8. The van der Waals surface area contributed by atoms with Gasteiger partial charge in [0.15, 0.2) is 0 Å². The van der Waals surface area contributed by atoms with Gasteiger partial charge in [0, 0.05) is 19.4 Å². The first-order chi connectivity index (χ1) is 12.5. The summed E-state index contributed by atoms with van der Waals surface area (Å²) in [5, 5.41) is 5.59. The molecule has 1 atom stereocenters. The second-order valence-electron chi connectivity index (χ2n) is 6.28. The molecule has 0 radical (unpaired) electrons. The molecule has 0 spiro atoms. The zero-order valence-corrected chi connectivity index (χ0v) is 17.4. The number of primary amides is 1. The molecule has 0 rings (SSSR count). The van der Waals surface area contributed by atoms with E-state index < -0.39 is 11.9 Å². The highest BCUT2D eigenvalue weighted by Crippen LogP contribution is 2.04. The van der Waals surface area contributed by atoms with Gasteiger partial charge in [-0.05, 0) is 32.1 Å². The quantitative estimate of drug-likeness (QED) is 0.384. The normalized spacial score (nSPS) is 11.1. The first kappa shape index (κ1) is 26.6. The lowest BCUT2D eigenvalue weighted by molar-refractivity contribution is -0.127. The minimum absolute atomic E-state index is 0.0825. The van der Waals surface area contributed by atoms with Crippen LogP contribution in [0.5, 0.6) is 0 Å². The largest absolute Gasteiger partial charge is 0.368 e. The highest BCUT2D eigenvalue weighted by atomic mass is 16.2. The number of amides is 3. The summed E-state index contributed by atoms with van der Waals surface area (Å²) in [5.74, 6) is -0.530. The van der Waals surface area contributed by atoms with Gasteiger partial charge in [0.25, 0.3) is 0 Å². The minimum Gasteiger partial charge on any atom is -0.368 e. The monoisotopic (exact) mass is 371 g/mol. The molecule has 0 aromatic carbocycles. The maximum Gasteiger partial charge on any atom is 0.239 e. The van der Waals surface area contributed by atoms with E-state index in [2.05, 4.69) is 24.5 Å². The van der Waals surface area contributed by atoms with Gasteiger partial charge in [-0.1, -0.05) is 53.4 Å². The molecule has 0 saturated carbocycles. The third kappa shape index (κ3) is 17.2. The summed E-state index contributed by atoms with van der Waals surface area (Å²) >= 11 is 0. The van der Waals surface area contributed by atoms with E-state index >= 15 is 0 Å². The maximum atomic E-state index is 11.8. The molecular weight excluding hydrogens is 330 g/mol. The lowest BCUT2D eigenvalue weighted by atomic mass is 10.1. The van der Waals surface area contributed by atoms with E-state index in [1.54, 1.807) is 0 Å². The standard InChI is InChI=1S/C18H35N3O3.C2H6/c1-3-5-7-12-16(22)20-14-10-9-11-15(18(19)24)21-17(23)13-8-6-4-2;1-2/h15H,3-14H2,1-2H3,(H2,19,24)(H,20,22)(H,21,23);1-2H3. The summed E-state index contributed by atoms with van der Waals surface area (Å²) in [7, 11) is 0. The highest BCUT2D eigenvalue weighted by molar-refractivity contribution is 5.86. The molecule has 0 bridgehead atoms. The van der Waals surface area contributed by atoms with E-state index in [1.807, 2.05) is 13.8 Å². The summed E-state index contributed by atoms with van der Waals surface area (Å²) in [6.45, 7) is 8.78. The molecule has 1 unspecified atom stereocenters. The Morgan fingerprint density at radius 3 is 1.85 bits per heavy atom. The van der Waals surface area contributed by atoms with Crippen LogP contribution in [-0.2, 0) is 14.4 Å². The average molecular weight is 372 g/mol. The van der Waals surface area contributed by atoms with Gasteiger partial charge in [-0.25, -0.2) is 0 Å². The fourth-order valence-electron chi connectivity index (χ4n) is 2.41. The van der Waals surface area contributed by atoms with Gasteiger partial charge in [0.1, 0.15) is 6.04 Å². The van der Waals surface area contributed by atoms with E-state index in [4.69, 9.17) is 5.73 Å². The van der Waals surface area contributed by atoms with Crippen molar-refractivity contribution in [2.24, 2.45) is 5.73 Å². The highest BCUT2D eigenvalue weighted by Gasteiger charge is 2.17. The second-order valence-corrected chi connectivity index (χ2v) is 6.28. The zero-order chi connectivity index (χ0) is 20.2. The summed E-state index contributed by atoms with van der Waals surface area (Å²) in [5.41, 5.74) is 5.35. The van der Waals surface area contributed by atoms with Crippen molar-refractivity contribution in [3.05, 3.63) is 0 Å². The van der Waals surface area contributed by atoms with Crippen molar-refractivity contribution in [1.29, 1.82) is 0 Å². The van der Waals surface area contributed by atoms with Crippen molar-refractivity contribution >= 4 is 17.7 Å². The molecule has 3 amide bonds. The number of carbonyl (C=O) groups is 3. The predicted octanol–water partition coefficient (Wildman–Crippen LogP) is 3.43. The number of unbranched alkanes of at least 4 members (excludes halogenated alkanes) is 5. The molecule has 0 aromatic heterocycles. The Kier molecular flexibility index (Phi) is 20.2. The minimum atomic E-state index is -0.612. The van der Waals surface area contributed by atoms with Crippen LogP contribution in [0.1, 0.15) is 98.3 Å². The van der Waals surface area contributed by atoms with Crippen LogP contribution in [-0.4, -0.2) is 30.3 Å². The Morgan fingerprint density at radius 1 is 0.808 bits per heavy atom. The molecule has 0 heterocycles. The topological polar surface area (TPSA) is 101 Å². The molecule has 154 valence electrons. The third-order valence-electron chi connectivity index (χ3n) is 3.94. The van der Waals surface area contributed by atoms with Crippen molar-refractivity contribution < 1.29 is 14.4 Å². The van der Waals surface area contributed by atoms with Crippen LogP contribution in [0.2, 0.25) is 0 Å². The number of carbonyl (C=O) groups excluding carboxylic acids is 3. The summed E-state index contributed by atoms with van der Waals surface area (Å²) in [6, 6.07) is -0.612. The fourth-order valence-corrected chi connectivity index (χ4v) is 2.41. The van der Waals surface area contributed by atoms with E-state index in [9.17, 15) is 14.4 Å². The lowest BCUT2D eigenvalue weighted by Crippen LogP contribution is -2.44. The summed E-state index contributed by atoms with van der Waals surface area (Å²) in [6.07, 6.45) is 9.03.